The molecule has 162 valence electrons. The average Bonchev–Trinajstić information content (AvgIpc) is 2.99. The van der Waals surface area contributed by atoms with Crippen LogP contribution in [0.1, 0.15) is 21.7 Å². The van der Waals surface area contributed by atoms with E-state index in [4.69, 9.17) is 9.47 Å². The summed E-state index contributed by atoms with van der Waals surface area (Å²) in [6.07, 6.45) is 0. The van der Waals surface area contributed by atoms with Crippen molar-refractivity contribution in [3.05, 3.63) is 51.3 Å². The standard InChI is InChI=1S/C19H23N3O7S/c1-13-10-16(14(2)20(13)3)18(23)12-29-19-5-4-15(11-17(19)22(24)25)30(26,27)21-6-8-28-9-7-21/h4-5,10-11H,6-9,12H2,1-3H3. The maximum atomic E-state index is 12.7. The van der Waals surface area contributed by atoms with Crippen LogP contribution in [0.4, 0.5) is 5.69 Å². The van der Waals surface area contributed by atoms with E-state index in [9.17, 15) is 23.3 Å². The predicted molar refractivity (Wildman–Crippen MR) is 107 cm³/mol. The summed E-state index contributed by atoms with van der Waals surface area (Å²) in [6.45, 7) is 4.15. The van der Waals surface area contributed by atoms with E-state index in [1.54, 1.807) is 13.0 Å². The molecule has 1 aliphatic rings. The Bertz CT molecular complexity index is 1090. The van der Waals surface area contributed by atoms with Crippen LogP contribution < -0.4 is 4.74 Å². The van der Waals surface area contributed by atoms with Crippen molar-refractivity contribution < 1.29 is 27.6 Å². The fraction of sp³-hybridized carbons (Fsp3) is 0.421. The number of benzene rings is 1. The lowest BCUT2D eigenvalue weighted by Crippen LogP contribution is -2.40. The van der Waals surface area contributed by atoms with Crippen molar-refractivity contribution in [3.63, 3.8) is 0 Å². The van der Waals surface area contributed by atoms with Gasteiger partial charge in [0.2, 0.25) is 15.8 Å². The molecule has 0 N–H and O–H groups in total. The second kappa shape index (κ2) is 8.54. The summed E-state index contributed by atoms with van der Waals surface area (Å²) in [5.74, 6) is -0.491. The number of ketones is 1. The Hall–Kier alpha value is -2.76. The Morgan fingerprint density at radius 1 is 1.23 bits per heavy atom. The molecule has 0 radical (unpaired) electrons. The van der Waals surface area contributed by atoms with Crippen molar-refractivity contribution >= 4 is 21.5 Å². The molecule has 0 unspecified atom stereocenters. The molecule has 0 aliphatic carbocycles. The summed E-state index contributed by atoms with van der Waals surface area (Å²) in [6, 6.07) is 5.15. The van der Waals surface area contributed by atoms with Gasteiger partial charge >= 0.3 is 5.69 Å². The first kappa shape index (κ1) is 21.9. The summed E-state index contributed by atoms with van der Waals surface area (Å²) >= 11 is 0. The van der Waals surface area contributed by atoms with E-state index in [2.05, 4.69) is 0 Å². The van der Waals surface area contributed by atoms with E-state index in [0.29, 0.717) is 5.56 Å². The number of hydrogen-bond donors (Lipinski definition) is 0. The maximum Gasteiger partial charge on any atom is 0.312 e. The highest BCUT2D eigenvalue weighted by atomic mass is 32.2. The van der Waals surface area contributed by atoms with Crippen LogP contribution in [0.15, 0.2) is 29.2 Å². The minimum absolute atomic E-state index is 0.167. The van der Waals surface area contributed by atoms with Crippen molar-refractivity contribution in [2.75, 3.05) is 32.9 Å². The number of rotatable bonds is 7. The number of carbonyl (C=O) groups excluding carboxylic acids is 1. The Morgan fingerprint density at radius 2 is 1.90 bits per heavy atom. The first-order valence-electron chi connectivity index (χ1n) is 9.28. The quantitative estimate of drug-likeness (QED) is 0.368. The van der Waals surface area contributed by atoms with E-state index >= 15 is 0 Å². The van der Waals surface area contributed by atoms with Gasteiger partial charge in [-0.25, -0.2) is 8.42 Å². The molecule has 0 bridgehead atoms. The molecule has 1 aromatic heterocycles. The lowest BCUT2D eigenvalue weighted by Gasteiger charge is -2.26. The second-order valence-corrected chi connectivity index (χ2v) is 8.90. The number of aromatic nitrogens is 1. The number of Topliss-reactive ketones (excluding diaryl/α,β-unsaturated/α-hetero) is 1. The molecule has 2 aromatic rings. The van der Waals surface area contributed by atoms with Gasteiger partial charge in [-0.15, -0.1) is 0 Å². The van der Waals surface area contributed by atoms with Gasteiger partial charge in [-0.05, 0) is 32.0 Å². The summed E-state index contributed by atoms with van der Waals surface area (Å²) < 4.78 is 39.1. The van der Waals surface area contributed by atoms with Gasteiger partial charge in [-0.2, -0.15) is 4.31 Å². The molecule has 1 aliphatic heterocycles. The van der Waals surface area contributed by atoms with Crippen LogP contribution in [-0.2, 0) is 21.8 Å². The zero-order valence-corrected chi connectivity index (χ0v) is 17.8. The molecule has 0 saturated carbocycles. The molecular weight excluding hydrogens is 414 g/mol. The molecule has 1 aromatic carbocycles. The minimum atomic E-state index is -3.89. The molecule has 1 fully saturated rings. The smallest absolute Gasteiger partial charge is 0.312 e. The number of nitro groups is 1. The molecule has 1 saturated heterocycles. The zero-order chi connectivity index (χ0) is 22.1. The van der Waals surface area contributed by atoms with Crippen molar-refractivity contribution in [2.45, 2.75) is 18.7 Å². The Balaban J connectivity index is 1.82. The summed E-state index contributed by atoms with van der Waals surface area (Å²) in [5, 5.41) is 11.5. The van der Waals surface area contributed by atoms with Crippen LogP contribution in [0.3, 0.4) is 0 Å². The first-order chi connectivity index (χ1) is 14.1. The molecule has 0 atom stereocenters. The van der Waals surface area contributed by atoms with Crippen LogP contribution in [0.2, 0.25) is 0 Å². The topological polar surface area (TPSA) is 121 Å². The van der Waals surface area contributed by atoms with Gasteiger partial charge in [-0.3, -0.25) is 14.9 Å². The Morgan fingerprint density at radius 3 is 2.47 bits per heavy atom. The van der Waals surface area contributed by atoms with Crippen molar-refractivity contribution in [1.82, 2.24) is 8.87 Å². The number of hydrogen-bond acceptors (Lipinski definition) is 7. The third kappa shape index (κ3) is 4.23. The lowest BCUT2D eigenvalue weighted by molar-refractivity contribution is -0.386. The van der Waals surface area contributed by atoms with E-state index in [1.807, 2.05) is 18.5 Å². The molecule has 0 amide bonds. The van der Waals surface area contributed by atoms with Gasteiger partial charge in [0.25, 0.3) is 0 Å². The number of ether oxygens (including phenoxy) is 2. The molecule has 10 nitrogen and oxygen atoms in total. The summed E-state index contributed by atoms with van der Waals surface area (Å²) in [7, 11) is -2.06. The second-order valence-electron chi connectivity index (χ2n) is 6.96. The number of nitrogens with zero attached hydrogens (tertiary/aromatic N) is 3. The Kier molecular flexibility index (Phi) is 6.25. The Labute approximate surface area is 174 Å². The van der Waals surface area contributed by atoms with Gasteiger partial charge in [0, 0.05) is 43.2 Å². The van der Waals surface area contributed by atoms with Crippen LogP contribution in [0, 0.1) is 24.0 Å². The SMILES string of the molecule is Cc1cc(C(=O)COc2ccc(S(=O)(=O)N3CCOCC3)cc2[N+](=O)[O-])c(C)n1C. The van der Waals surface area contributed by atoms with Gasteiger partial charge in [0.15, 0.2) is 12.4 Å². The van der Waals surface area contributed by atoms with Gasteiger partial charge in [-0.1, -0.05) is 0 Å². The number of nitro benzene ring substituents is 1. The molecule has 11 heteroatoms. The number of morpholine rings is 1. The molecule has 30 heavy (non-hydrogen) atoms. The van der Waals surface area contributed by atoms with Crippen LogP contribution in [0.5, 0.6) is 5.75 Å². The minimum Gasteiger partial charge on any atom is -0.478 e. The fourth-order valence-corrected chi connectivity index (χ4v) is 4.65. The van der Waals surface area contributed by atoms with Gasteiger partial charge < -0.3 is 14.0 Å². The van der Waals surface area contributed by atoms with Crippen molar-refractivity contribution in [3.8, 4) is 5.75 Å². The van der Waals surface area contributed by atoms with Gasteiger partial charge in [0.1, 0.15) is 0 Å². The molecule has 3 rings (SSSR count). The number of carbonyl (C=O) groups is 1. The van der Waals surface area contributed by atoms with Crippen LogP contribution in [0.25, 0.3) is 0 Å². The molecule has 2 heterocycles. The largest absolute Gasteiger partial charge is 0.478 e. The van der Waals surface area contributed by atoms with E-state index in [1.165, 1.54) is 16.4 Å². The molecule has 0 spiro atoms. The number of aryl methyl sites for hydroxylation is 1. The average molecular weight is 437 g/mol. The first-order valence-corrected chi connectivity index (χ1v) is 10.7. The fourth-order valence-electron chi connectivity index (χ4n) is 3.22. The number of sulfonamides is 1. The normalized spacial score (nSPS) is 15.2. The highest BCUT2D eigenvalue weighted by Gasteiger charge is 2.29. The summed E-state index contributed by atoms with van der Waals surface area (Å²) in [4.78, 5) is 23.1. The van der Waals surface area contributed by atoms with E-state index in [-0.39, 0.29) is 42.7 Å². The van der Waals surface area contributed by atoms with Crippen molar-refractivity contribution in [1.29, 1.82) is 0 Å². The highest BCUT2D eigenvalue weighted by molar-refractivity contribution is 7.89. The van der Waals surface area contributed by atoms with Crippen molar-refractivity contribution in [2.24, 2.45) is 7.05 Å². The highest BCUT2D eigenvalue weighted by Crippen LogP contribution is 2.31. The van der Waals surface area contributed by atoms with Crippen LogP contribution >= 0.6 is 0 Å². The predicted octanol–water partition coefficient (Wildman–Crippen LogP) is 1.83. The monoisotopic (exact) mass is 437 g/mol. The lowest BCUT2D eigenvalue weighted by atomic mass is 10.1. The third-order valence-electron chi connectivity index (χ3n) is 5.17. The van der Waals surface area contributed by atoms with E-state index < -0.39 is 27.2 Å². The maximum absolute atomic E-state index is 12.7. The van der Waals surface area contributed by atoms with Crippen LogP contribution in [-0.4, -0.2) is 60.9 Å². The zero-order valence-electron chi connectivity index (χ0n) is 17.0. The molecular formula is C19H23N3O7S. The van der Waals surface area contributed by atoms with E-state index in [0.717, 1.165) is 17.5 Å². The third-order valence-corrected chi connectivity index (χ3v) is 7.06. The van der Waals surface area contributed by atoms with Gasteiger partial charge in [0.05, 0.1) is 23.0 Å². The summed E-state index contributed by atoms with van der Waals surface area (Å²) in [5.41, 5.74) is 1.63.